The average Bonchev–Trinajstić information content (AvgIpc) is 3.07. The molecule has 4 rings (SSSR count). The van der Waals surface area contributed by atoms with Crippen molar-refractivity contribution in [2.24, 2.45) is 0 Å². The maximum atomic E-state index is 12.0. The number of hydrogen-bond acceptors (Lipinski definition) is 7. The summed E-state index contributed by atoms with van der Waals surface area (Å²) in [5.74, 6) is 1.31. The van der Waals surface area contributed by atoms with Gasteiger partial charge in [0.05, 0.1) is 13.3 Å². The maximum absolute atomic E-state index is 12.0. The van der Waals surface area contributed by atoms with Crippen molar-refractivity contribution in [2.45, 2.75) is 20.8 Å². The van der Waals surface area contributed by atoms with Crippen LogP contribution in [0.1, 0.15) is 57.4 Å². The fourth-order valence-corrected chi connectivity index (χ4v) is 3.04. The second-order valence-electron chi connectivity index (χ2n) is 8.68. The summed E-state index contributed by atoms with van der Waals surface area (Å²) in [5, 5.41) is 16.2. The second-order valence-corrected chi connectivity index (χ2v) is 8.68. The molecule has 4 aromatic carbocycles. The Morgan fingerprint density at radius 3 is 1.44 bits per heavy atom. The Kier molecular flexibility index (Phi) is 34.5. The first kappa shape index (κ1) is 52.3. The van der Waals surface area contributed by atoms with Crippen LogP contribution in [0, 0.1) is 0 Å². The quantitative estimate of drug-likeness (QED) is 0.0653. The van der Waals surface area contributed by atoms with E-state index in [0.717, 1.165) is 11.8 Å². The van der Waals surface area contributed by atoms with Gasteiger partial charge < -0.3 is 30.6 Å². The number of phenols is 1. The Labute approximate surface area is 311 Å². The van der Waals surface area contributed by atoms with Gasteiger partial charge in [0.2, 0.25) is 13.7 Å². The third-order valence-corrected chi connectivity index (χ3v) is 5.21. The van der Waals surface area contributed by atoms with E-state index in [2.05, 4.69) is 4.74 Å². The number of alkyl halides is 4. The maximum Gasteiger partial charge on any atom is 1.00 e. The van der Waals surface area contributed by atoms with E-state index in [1.165, 1.54) is 39.0 Å². The molecule has 0 fully saturated rings. The predicted octanol–water partition coefficient (Wildman–Crippen LogP) is 4.68. The van der Waals surface area contributed by atoms with Crippen molar-refractivity contribution in [3.8, 4) is 23.0 Å². The molecule has 14 heteroatoms. The number of halogens is 4. The summed E-state index contributed by atoms with van der Waals surface area (Å²) in [7, 11) is 0. The zero-order chi connectivity index (χ0) is 35.5. The average molecular weight is 718 g/mol. The van der Waals surface area contributed by atoms with Crippen LogP contribution in [-0.2, 0) is 0 Å². The Morgan fingerprint density at radius 1 is 0.700 bits per heavy atom. The smallest absolute Gasteiger partial charge is 0.870 e. The molecule has 0 aliphatic carbocycles. The van der Waals surface area contributed by atoms with E-state index in [1.54, 1.807) is 91.0 Å². The number of hydrogen-bond donors (Lipinski definition) is 1. The number of ether oxygens (including phenoxy) is 2. The molecule has 6 N–H and O–H groups in total. The fraction of sp³-hybridized carbons (Fsp3) is 0.194. The van der Waals surface area contributed by atoms with Gasteiger partial charge in [0.1, 0.15) is 23.5 Å². The molecular formula is C36H42F4NaO9+. The van der Waals surface area contributed by atoms with Crippen LogP contribution in [0.15, 0.2) is 103 Å². The van der Waals surface area contributed by atoms with Gasteiger partial charge in [-0.05, 0) is 105 Å². The van der Waals surface area contributed by atoms with E-state index in [4.69, 9.17) is 14.9 Å². The molecule has 50 heavy (non-hydrogen) atoms. The van der Waals surface area contributed by atoms with Crippen LogP contribution in [0.25, 0.3) is 6.08 Å². The summed E-state index contributed by atoms with van der Waals surface area (Å²) in [6.07, 6.45) is 3.86. The molecule has 0 unspecified atom stereocenters. The van der Waals surface area contributed by atoms with Crippen molar-refractivity contribution in [1.29, 1.82) is 0 Å². The van der Waals surface area contributed by atoms with Crippen LogP contribution < -0.4 is 39.0 Å². The number of carbonyl (C=O) groups is 3. The summed E-state index contributed by atoms with van der Waals surface area (Å²) in [5.41, 5.74) is 2.53. The number of benzene rings is 4. The number of allylic oxidation sites excluding steroid dienone is 1. The first-order chi connectivity index (χ1) is 22.6. The largest absolute Gasteiger partial charge is 1.00 e. The fourth-order valence-electron chi connectivity index (χ4n) is 3.04. The minimum absolute atomic E-state index is 0. The van der Waals surface area contributed by atoms with Gasteiger partial charge >= 0.3 is 29.6 Å². The van der Waals surface area contributed by atoms with Crippen molar-refractivity contribution < 1.29 is 92.1 Å². The number of phenolic OH excluding ortho intramolecular Hbond substituents is 1. The van der Waals surface area contributed by atoms with Gasteiger partial charge in [-0.3, -0.25) is 23.2 Å². The second kappa shape index (κ2) is 33.0. The normalized spacial score (nSPS) is 8.86. The Morgan fingerprint density at radius 2 is 1.08 bits per heavy atom. The topological polar surface area (TPSA) is 174 Å². The molecule has 0 amide bonds. The van der Waals surface area contributed by atoms with Crippen LogP contribution in [0.3, 0.4) is 0 Å². The number of aromatic hydroxyl groups is 1. The van der Waals surface area contributed by atoms with Gasteiger partial charge in [-0.2, -0.15) is 0 Å². The molecule has 0 atom stereocenters. The molecule has 9 nitrogen and oxygen atoms in total. The molecule has 0 heterocycles. The molecule has 268 valence electrons. The van der Waals surface area contributed by atoms with Gasteiger partial charge in [-0.15, -0.1) is 0 Å². The molecule has 0 saturated heterocycles. The summed E-state index contributed by atoms with van der Waals surface area (Å²) in [4.78, 5) is 32.7. The number of rotatable bonds is 9. The van der Waals surface area contributed by atoms with Gasteiger partial charge in [0.25, 0.3) is 5.75 Å². The van der Waals surface area contributed by atoms with E-state index in [-0.39, 0.29) is 71.2 Å². The molecule has 0 aliphatic rings. The van der Waals surface area contributed by atoms with Crippen molar-refractivity contribution in [1.82, 2.24) is 0 Å². The van der Waals surface area contributed by atoms with Crippen LogP contribution >= 0.6 is 0 Å². The van der Waals surface area contributed by atoms with Crippen LogP contribution in [0.2, 0.25) is 0 Å². The Balaban J connectivity index is -0.000000303. The zero-order valence-electron chi connectivity index (χ0n) is 28.2. The Hall–Kier alpha value is -4.53. The van der Waals surface area contributed by atoms with Crippen molar-refractivity contribution >= 4 is 23.9 Å². The summed E-state index contributed by atoms with van der Waals surface area (Å²) in [6.45, 7) is 2.20. The summed E-state index contributed by atoms with van der Waals surface area (Å²) >= 11 is 0. The van der Waals surface area contributed by atoms with Gasteiger partial charge in [0.15, 0.2) is 11.6 Å². The molecule has 0 radical (unpaired) electrons. The van der Waals surface area contributed by atoms with Crippen molar-refractivity contribution in [2.75, 3.05) is 27.1 Å². The predicted molar refractivity (Wildman–Crippen MR) is 181 cm³/mol. The standard InChI is InChI=1S/C16H13FO3.C8H7FO2.C8H8O2.2C2H5F.Na.2H2O/c17-11-20-15-8-1-12(2-9-15)3-10-16(19)13-4-6-14(18)7-5-13;9-6-11-8-3-1-7(5-10)2-4-8;1-6(9)7-2-4-8(10)5-3-7;2*1-2-3;;;/h1-10,18H,11H2;1-5H,6H2;2-5,10H,1H3;2*2H2,1H3;;2*1H2/q;;;;;+1;;. The van der Waals surface area contributed by atoms with Gasteiger partial charge in [0, 0.05) is 28.8 Å². The number of aldehydes is 1. The molecule has 0 aliphatic heterocycles. The van der Waals surface area contributed by atoms with E-state index in [0.29, 0.717) is 33.9 Å². The van der Waals surface area contributed by atoms with Gasteiger partial charge in [-0.25, -0.2) is 8.78 Å². The molecule has 0 spiro atoms. The van der Waals surface area contributed by atoms with Crippen molar-refractivity contribution in [3.05, 3.63) is 125 Å². The van der Waals surface area contributed by atoms with E-state index < -0.39 is 13.7 Å². The minimum Gasteiger partial charge on any atom is -0.870 e. The van der Waals surface area contributed by atoms with Crippen LogP contribution in [0.4, 0.5) is 17.6 Å². The van der Waals surface area contributed by atoms with Gasteiger partial charge in [-0.1, -0.05) is 18.2 Å². The third-order valence-electron chi connectivity index (χ3n) is 5.21. The third kappa shape index (κ3) is 24.6. The number of Topliss-reactive ketones (excluding diaryl/α,β-unsaturated/α-hetero) is 1. The molecule has 0 saturated carbocycles. The first-order valence-electron chi connectivity index (χ1n) is 14.1. The van der Waals surface area contributed by atoms with E-state index >= 15 is 0 Å². The first-order valence-corrected chi connectivity index (χ1v) is 14.1. The van der Waals surface area contributed by atoms with Crippen molar-refractivity contribution in [3.63, 3.8) is 0 Å². The number of carbonyl (C=O) groups excluding carboxylic acids is 3. The molecule has 0 bridgehead atoms. The molecule has 0 aromatic heterocycles. The molecular weight excluding hydrogens is 675 g/mol. The summed E-state index contributed by atoms with van der Waals surface area (Å²) in [6, 6.07) is 25.5. The summed E-state index contributed by atoms with van der Waals surface area (Å²) < 4.78 is 53.3. The van der Waals surface area contributed by atoms with E-state index in [1.807, 2.05) is 0 Å². The minimum atomic E-state index is -0.861. The number of ketones is 2. The zero-order valence-corrected chi connectivity index (χ0v) is 30.2. The molecule has 4 aromatic rings. The van der Waals surface area contributed by atoms with Crippen LogP contribution in [-0.4, -0.2) is 66.1 Å². The SMILES string of the molecule is CC(=O)c1ccc(O)cc1.CCF.CCF.O.O=C(C=Cc1ccc(OCF)cc1)c1ccc([OH2+])cc1.O=Cc1ccc(OCF)cc1.[Na+].[OH-]. The monoisotopic (exact) mass is 717 g/mol. The Bertz CT molecular complexity index is 1450. The van der Waals surface area contributed by atoms with E-state index in [9.17, 15) is 31.9 Å². The van der Waals surface area contributed by atoms with Crippen LogP contribution in [0.5, 0.6) is 23.0 Å².